The molecule has 3 aliphatic rings. The third-order valence-corrected chi connectivity index (χ3v) is 8.18. The Bertz CT molecular complexity index is 1200. The molecule has 3 heterocycles. The molecule has 1 amide bonds. The van der Waals surface area contributed by atoms with Crippen LogP contribution in [-0.2, 0) is 19.6 Å². The third-order valence-electron chi connectivity index (χ3n) is 8.18. The predicted molar refractivity (Wildman–Crippen MR) is 143 cm³/mol. The lowest BCUT2D eigenvalue weighted by atomic mass is 10.1. The molecule has 2 atom stereocenters. The first kappa shape index (κ1) is 23.3. The number of hydrogen-bond acceptors (Lipinski definition) is 4. The van der Waals surface area contributed by atoms with E-state index < -0.39 is 0 Å². The van der Waals surface area contributed by atoms with Crippen molar-refractivity contribution in [3.8, 4) is 0 Å². The van der Waals surface area contributed by atoms with Crippen molar-refractivity contribution < 1.29 is 4.79 Å². The maximum atomic E-state index is 14.2. The second-order valence-corrected chi connectivity index (χ2v) is 10.7. The van der Waals surface area contributed by atoms with Crippen molar-refractivity contribution >= 4 is 11.6 Å². The summed E-state index contributed by atoms with van der Waals surface area (Å²) in [5, 5.41) is 8.50. The molecule has 2 fully saturated rings. The zero-order valence-electron chi connectivity index (χ0n) is 21.3. The number of amides is 1. The standard InChI is InChI=1S/C30H37N5O/c1-2-34-21-27(29(32-34)23-12-13-23)30(36)33-19-24-10-6-7-11-28(24)31-17-16-25-14-15-26(20-33)35(25)18-22-8-4-3-5-9-22/h3-11,21,23,25-26,31H,2,12-20H2,1H3/t25-,26+/m0/s1. The SMILES string of the molecule is CCn1cc(C(=O)N2Cc3ccccc3NCC[C@@H]3CC[C@H](C2)N3Cc2ccccc2)c(C2CC2)n1. The number of benzene rings is 2. The fourth-order valence-electron chi connectivity index (χ4n) is 6.05. The molecule has 1 aliphatic carbocycles. The molecular weight excluding hydrogens is 446 g/mol. The lowest BCUT2D eigenvalue weighted by Crippen LogP contribution is -2.45. The van der Waals surface area contributed by atoms with Crippen molar-refractivity contribution in [3.05, 3.63) is 83.2 Å². The summed E-state index contributed by atoms with van der Waals surface area (Å²) in [6.45, 7) is 6.12. The molecule has 6 nitrogen and oxygen atoms in total. The minimum absolute atomic E-state index is 0.133. The van der Waals surface area contributed by atoms with E-state index in [4.69, 9.17) is 5.10 Å². The average molecular weight is 484 g/mol. The topological polar surface area (TPSA) is 53.4 Å². The van der Waals surface area contributed by atoms with E-state index >= 15 is 0 Å². The number of nitrogens with one attached hydrogen (secondary N) is 1. The summed E-state index contributed by atoms with van der Waals surface area (Å²) in [4.78, 5) is 19.0. The average Bonchev–Trinajstić information content (AvgIpc) is 3.56. The van der Waals surface area contributed by atoms with E-state index in [1.807, 2.05) is 10.9 Å². The maximum Gasteiger partial charge on any atom is 0.257 e. The van der Waals surface area contributed by atoms with Gasteiger partial charge in [0.25, 0.3) is 5.91 Å². The van der Waals surface area contributed by atoms with Crippen LogP contribution in [0.1, 0.15) is 72.1 Å². The van der Waals surface area contributed by atoms with Gasteiger partial charge >= 0.3 is 0 Å². The fraction of sp³-hybridized carbons (Fsp3) is 0.467. The summed E-state index contributed by atoms with van der Waals surface area (Å²) < 4.78 is 1.94. The molecule has 0 unspecified atom stereocenters. The first-order valence-electron chi connectivity index (χ1n) is 13.7. The van der Waals surface area contributed by atoms with E-state index in [9.17, 15) is 4.79 Å². The van der Waals surface area contributed by atoms with Gasteiger partial charge in [-0.2, -0.15) is 5.10 Å². The number of anilines is 1. The van der Waals surface area contributed by atoms with Crippen molar-refractivity contribution in [2.75, 3.05) is 18.4 Å². The molecule has 1 N–H and O–H groups in total. The van der Waals surface area contributed by atoms with Crippen molar-refractivity contribution in [3.63, 3.8) is 0 Å². The highest BCUT2D eigenvalue weighted by molar-refractivity contribution is 5.95. The van der Waals surface area contributed by atoms with Crippen LogP contribution < -0.4 is 5.32 Å². The molecule has 1 saturated carbocycles. The Morgan fingerprint density at radius 1 is 0.972 bits per heavy atom. The Morgan fingerprint density at radius 3 is 2.56 bits per heavy atom. The lowest BCUT2D eigenvalue weighted by Gasteiger charge is -2.34. The third kappa shape index (κ3) is 4.79. The van der Waals surface area contributed by atoms with Gasteiger partial charge in [-0.25, -0.2) is 0 Å². The Balaban J connectivity index is 1.34. The monoisotopic (exact) mass is 483 g/mol. The van der Waals surface area contributed by atoms with Crippen LogP contribution in [0.15, 0.2) is 60.8 Å². The van der Waals surface area contributed by atoms with Gasteiger partial charge in [-0.1, -0.05) is 48.5 Å². The number of rotatable bonds is 5. The predicted octanol–water partition coefficient (Wildman–Crippen LogP) is 5.27. The highest BCUT2D eigenvalue weighted by atomic mass is 16.2. The molecule has 0 spiro atoms. The highest BCUT2D eigenvalue weighted by Crippen LogP contribution is 2.41. The minimum Gasteiger partial charge on any atom is -0.385 e. The minimum atomic E-state index is 0.133. The molecule has 1 aromatic heterocycles. The Hall–Kier alpha value is -3.12. The second-order valence-electron chi connectivity index (χ2n) is 10.7. The van der Waals surface area contributed by atoms with Crippen LogP contribution in [0, 0.1) is 0 Å². The van der Waals surface area contributed by atoms with Gasteiger partial charge in [0.05, 0.1) is 11.3 Å². The number of aryl methyl sites for hydroxylation is 1. The summed E-state index contributed by atoms with van der Waals surface area (Å²) in [6, 6.07) is 20.2. The molecular formula is C30H37N5O. The number of aromatic nitrogens is 2. The normalized spacial score (nSPS) is 22.5. The van der Waals surface area contributed by atoms with E-state index in [1.54, 1.807) is 0 Å². The number of para-hydroxylation sites is 1. The van der Waals surface area contributed by atoms with Gasteiger partial charge in [0.1, 0.15) is 0 Å². The van der Waals surface area contributed by atoms with E-state index in [0.717, 1.165) is 68.8 Å². The van der Waals surface area contributed by atoms with Crippen LogP contribution in [0.2, 0.25) is 0 Å². The van der Waals surface area contributed by atoms with Gasteiger partial charge in [-0.15, -0.1) is 0 Å². The lowest BCUT2D eigenvalue weighted by molar-refractivity contribution is 0.0662. The van der Waals surface area contributed by atoms with Crippen LogP contribution in [0.5, 0.6) is 0 Å². The van der Waals surface area contributed by atoms with Crippen LogP contribution >= 0.6 is 0 Å². The zero-order valence-corrected chi connectivity index (χ0v) is 21.3. The van der Waals surface area contributed by atoms with Gasteiger partial charge < -0.3 is 10.2 Å². The van der Waals surface area contributed by atoms with Gasteiger partial charge in [-0.3, -0.25) is 14.4 Å². The van der Waals surface area contributed by atoms with Crippen LogP contribution in [0.4, 0.5) is 5.69 Å². The number of nitrogens with zero attached hydrogens (tertiary/aromatic N) is 4. The van der Waals surface area contributed by atoms with Gasteiger partial charge in [-0.05, 0) is 56.2 Å². The maximum absolute atomic E-state index is 14.2. The van der Waals surface area contributed by atoms with Crippen molar-refractivity contribution in [1.82, 2.24) is 19.6 Å². The molecule has 6 heteroatoms. The van der Waals surface area contributed by atoms with E-state index in [2.05, 4.69) is 76.6 Å². The smallest absolute Gasteiger partial charge is 0.257 e. The summed E-state index contributed by atoms with van der Waals surface area (Å²) in [5.41, 5.74) is 5.50. The zero-order chi connectivity index (χ0) is 24.5. The molecule has 1 saturated heterocycles. The van der Waals surface area contributed by atoms with E-state index in [1.165, 1.54) is 17.5 Å². The van der Waals surface area contributed by atoms with Gasteiger partial charge in [0.15, 0.2) is 0 Å². The fourth-order valence-corrected chi connectivity index (χ4v) is 6.05. The van der Waals surface area contributed by atoms with Crippen molar-refractivity contribution in [1.29, 1.82) is 0 Å². The number of carbonyl (C=O) groups is 1. The quantitative estimate of drug-likeness (QED) is 0.537. The Morgan fingerprint density at radius 2 is 1.75 bits per heavy atom. The second kappa shape index (κ2) is 10.1. The van der Waals surface area contributed by atoms with E-state index in [0.29, 0.717) is 24.5 Å². The van der Waals surface area contributed by atoms with Crippen molar-refractivity contribution in [2.45, 2.75) is 76.7 Å². The summed E-state index contributed by atoms with van der Waals surface area (Å²) in [5.74, 6) is 0.578. The Kier molecular flexibility index (Phi) is 6.53. The van der Waals surface area contributed by atoms with Crippen LogP contribution in [0.3, 0.4) is 0 Å². The first-order valence-corrected chi connectivity index (χ1v) is 13.7. The number of carbonyl (C=O) groups excluding carboxylic acids is 1. The van der Waals surface area contributed by atoms with Crippen molar-refractivity contribution in [2.24, 2.45) is 0 Å². The molecule has 2 bridgehead atoms. The Labute approximate surface area is 214 Å². The van der Waals surface area contributed by atoms with Crippen LogP contribution in [0.25, 0.3) is 0 Å². The van der Waals surface area contributed by atoms with Gasteiger partial charge in [0, 0.05) is 62.6 Å². The molecule has 3 aromatic rings. The first-order chi connectivity index (χ1) is 17.7. The van der Waals surface area contributed by atoms with E-state index in [-0.39, 0.29) is 5.91 Å². The highest BCUT2D eigenvalue weighted by Gasteiger charge is 2.38. The number of hydrogen-bond donors (Lipinski definition) is 1. The number of fused-ring (bicyclic) bond motifs is 3. The summed E-state index contributed by atoms with van der Waals surface area (Å²) >= 11 is 0. The molecule has 0 radical (unpaired) electrons. The molecule has 2 aromatic carbocycles. The molecule has 188 valence electrons. The van der Waals surface area contributed by atoms with Crippen LogP contribution in [-0.4, -0.2) is 50.7 Å². The largest absolute Gasteiger partial charge is 0.385 e. The summed E-state index contributed by atoms with van der Waals surface area (Å²) in [6.07, 6.45) is 7.70. The molecule has 36 heavy (non-hydrogen) atoms. The molecule has 6 rings (SSSR count). The summed E-state index contributed by atoms with van der Waals surface area (Å²) in [7, 11) is 0. The molecule has 2 aliphatic heterocycles. The van der Waals surface area contributed by atoms with Gasteiger partial charge in [0.2, 0.25) is 0 Å².